The minimum Gasteiger partial charge on any atom is -0.481 e. The molecule has 0 heterocycles. The Bertz CT molecular complexity index is 525. The van der Waals surface area contributed by atoms with Crippen molar-refractivity contribution in [3.8, 4) is 0 Å². The number of aryl methyl sites for hydroxylation is 1. The molecule has 0 aliphatic carbocycles. The van der Waals surface area contributed by atoms with Crippen molar-refractivity contribution in [2.45, 2.75) is 19.3 Å². The van der Waals surface area contributed by atoms with Crippen LogP contribution in [-0.2, 0) is 14.8 Å². The first-order valence-electron chi connectivity index (χ1n) is 5.51. The molecule has 0 amide bonds. The Balaban J connectivity index is 2.87. The maximum absolute atomic E-state index is 11.1. The molecule has 0 aliphatic rings. The minimum atomic E-state index is -3.32. The highest BCUT2D eigenvalue weighted by Gasteiger charge is 2.17. The quantitative estimate of drug-likeness (QED) is 0.811. The lowest BCUT2D eigenvalue weighted by Gasteiger charge is -2.16. The molecular weight excluding hydrogens is 254 g/mol. The first kappa shape index (κ1) is 14.7. The number of carbonyl (C=O) groups is 1. The number of aliphatic carboxylic acids is 1. The summed E-state index contributed by atoms with van der Waals surface area (Å²) in [6, 6.07) is 7.42. The zero-order chi connectivity index (χ0) is 13.8. The summed E-state index contributed by atoms with van der Waals surface area (Å²) in [4.78, 5) is 10.8. The van der Waals surface area contributed by atoms with E-state index in [1.54, 1.807) is 0 Å². The lowest BCUT2D eigenvalue weighted by molar-refractivity contribution is -0.137. The van der Waals surface area contributed by atoms with Gasteiger partial charge in [0.2, 0.25) is 10.0 Å². The minimum absolute atomic E-state index is 0.0919. The van der Waals surface area contributed by atoms with Crippen LogP contribution in [0.4, 0.5) is 0 Å². The molecule has 0 fully saturated rings. The van der Waals surface area contributed by atoms with Crippen LogP contribution in [0.1, 0.15) is 23.5 Å². The number of hydrogen-bond acceptors (Lipinski definition) is 3. The van der Waals surface area contributed by atoms with Gasteiger partial charge in [0.1, 0.15) is 0 Å². The lowest BCUT2D eigenvalue weighted by Crippen LogP contribution is -2.28. The highest BCUT2D eigenvalue weighted by molar-refractivity contribution is 7.88. The van der Waals surface area contributed by atoms with Crippen molar-refractivity contribution in [1.29, 1.82) is 0 Å². The standard InChI is InChI=1S/C12H17NO4S/c1-9-4-3-5-10(6-9)11(7-12(14)15)8-13-18(2,16)17/h3-6,11,13H,7-8H2,1-2H3,(H,14,15). The second-order valence-electron chi connectivity index (χ2n) is 4.33. The fourth-order valence-corrected chi connectivity index (χ4v) is 2.20. The third kappa shape index (κ3) is 5.29. The van der Waals surface area contributed by atoms with Crippen molar-refractivity contribution in [2.75, 3.05) is 12.8 Å². The van der Waals surface area contributed by atoms with Crippen molar-refractivity contribution >= 4 is 16.0 Å². The van der Waals surface area contributed by atoms with Gasteiger partial charge in [-0.2, -0.15) is 0 Å². The molecule has 1 aromatic rings. The molecule has 1 atom stereocenters. The van der Waals surface area contributed by atoms with Crippen molar-refractivity contribution in [2.24, 2.45) is 0 Å². The third-order valence-corrected chi connectivity index (χ3v) is 3.22. The highest BCUT2D eigenvalue weighted by atomic mass is 32.2. The lowest BCUT2D eigenvalue weighted by atomic mass is 9.95. The summed E-state index contributed by atoms with van der Waals surface area (Å²) in [6.07, 6.45) is 0.951. The molecule has 1 unspecified atom stereocenters. The molecule has 18 heavy (non-hydrogen) atoms. The van der Waals surface area contributed by atoms with Crippen LogP contribution < -0.4 is 4.72 Å². The van der Waals surface area contributed by atoms with Gasteiger partial charge in [0.25, 0.3) is 0 Å². The number of sulfonamides is 1. The molecule has 0 saturated heterocycles. The van der Waals surface area contributed by atoms with Crippen LogP contribution >= 0.6 is 0 Å². The molecule has 0 aromatic heterocycles. The van der Waals surface area contributed by atoms with Gasteiger partial charge < -0.3 is 5.11 Å². The largest absolute Gasteiger partial charge is 0.481 e. The maximum Gasteiger partial charge on any atom is 0.304 e. The Morgan fingerprint density at radius 2 is 2.11 bits per heavy atom. The average molecular weight is 271 g/mol. The fraction of sp³-hybridized carbons (Fsp3) is 0.417. The molecule has 0 radical (unpaired) electrons. The molecule has 0 bridgehead atoms. The summed E-state index contributed by atoms with van der Waals surface area (Å²) in [5.74, 6) is -1.31. The number of benzene rings is 1. The van der Waals surface area contributed by atoms with Crippen molar-refractivity contribution in [1.82, 2.24) is 4.72 Å². The Morgan fingerprint density at radius 1 is 1.44 bits per heavy atom. The second-order valence-corrected chi connectivity index (χ2v) is 6.16. The molecule has 2 N–H and O–H groups in total. The van der Waals surface area contributed by atoms with Gasteiger partial charge in [0.15, 0.2) is 0 Å². The van der Waals surface area contributed by atoms with E-state index in [1.165, 1.54) is 0 Å². The predicted molar refractivity (Wildman–Crippen MR) is 69.0 cm³/mol. The van der Waals surface area contributed by atoms with E-state index in [9.17, 15) is 13.2 Å². The number of nitrogens with one attached hydrogen (secondary N) is 1. The van der Waals surface area contributed by atoms with Gasteiger partial charge in [-0.1, -0.05) is 29.8 Å². The molecular formula is C12H17NO4S. The molecule has 0 saturated carbocycles. The van der Waals surface area contributed by atoms with E-state index in [0.717, 1.165) is 17.4 Å². The number of hydrogen-bond donors (Lipinski definition) is 2. The molecule has 100 valence electrons. The predicted octanol–water partition coefficient (Wildman–Crippen LogP) is 1.10. The van der Waals surface area contributed by atoms with Gasteiger partial charge in [-0.3, -0.25) is 4.79 Å². The van der Waals surface area contributed by atoms with Gasteiger partial charge in [-0.15, -0.1) is 0 Å². The van der Waals surface area contributed by atoms with Crippen molar-refractivity contribution < 1.29 is 18.3 Å². The van der Waals surface area contributed by atoms with Crippen LogP contribution in [0.15, 0.2) is 24.3 Å². The van der Waals surface area contributed by atoms with Gasteiger partial charge in [0, 0.05) is 12.5 Å². The zero-order valence-corrected chi connectivity index (χ0v) is 11.2. The van der Waals surface area contributed by atoms with Gasteiger partial charge in [-0.25, -0.2) is 13.1 Å². The van der Waals surface area contributed by atoms with E-state index >= 15 is 0 Å². The molecule has 0 spiro atoms. The molecule has 1 aromatic carbocycles. The van der Waals surface area contributed by atoms with E-state index in [2.05, 4.69) is 4.72 Å². The summed E-state index contributed by atoms with van der Waals surface area (Å²) < 4.78 is 24.5. The number of carboxylic acid groups (broad SMARTS) is 1. The summed E-state index contributed by atoms with van der Waals surface area (Å²) in [5.41, 5.74) is 1.84. The molecule has 5 nitrogen and oxygen atoms in total. The van der Waals surface area contributed by atoms with Crippen LogP contribution in [0.5, 0.6) is 0 Å². The zero-order valence-electron chi connectivity index (χ0n) is 10.4. The SMILES string of the molecule is Cc1cccc(C(CNS(C)(=O)=O)CC(=O)O)c1. The van der Waals surface area contributed by atoms with Crippen LogP contribution in [0, 0.1) is 6.92 Å². The Morgan fingerprint density at radius 3 is 2.61 bits per heavy atom. The fourth-order valence-electron chi connectivity index (χ4n) is 1.69. The van der Waals surface area contributed by atoms with E-state index in [-0.39, 0.29) is 18.9 Å². The van der Waals surface area contributed by atoms with Crippen molar-refractivity contribution in [3.63, 3.8) is 0 Å². The number of carboxylic acids is 1. The average Bonchev–Trinajstić information content (AvgIpc) is 2.22. The van der Waals surface area contributed by atoms with Gasteiger partial charge >= 0.3 is 5.97 Å². The van der Waals surface area contributed by atoms with Crippen LogP contribution in [0.25, 0.3) is 0 Å². The monoisotopic (exact) mass is 271 g/mol. The third-order valence-electron chi connectivity index (χ3n) is 2.53. The van der Waals surface area contributed by atoms with Crippen LogP contribution in [0.2, 0.25) is 0 Å². The van der Waals surface area contributed by atoms with Crippen LogP contribution in [-0.4, -0.2) is 32.3 Å². The molecule has 6 heteroatoms. The Hall–Kier alpha value is -1.40. The smallest absolute Gasteiger partial charge is 0.304 e. The summed E-state index contributed by atoms with van der Waals surface area (Å²) in [7, 11) is -3.32. The van der Waals surface area contributed by atoms with E-state index < -0.39 is 16.0 Å². The van der Waals surface area contributed by atoms with E-state index in [0.29, 0.717) is 0 Å². The van der Waals surface area contributed by atoms with Crippen LogP contribution in [0.3, 0.4) is 0 Å². The first-order chi connectivity index (χ1) is 8.28. The van der Waals surface area contributed by atoms with E-state index in [4.69, 9.17) is 5.11 Å². The maximum atomic E-state index is 11.1. The van der Waals surface area contributed by atoms with Crippen molar-refractivity contribution in [3.05, 3.63) is 35.4 Å². The summed E-state index contributed by atoms with van der Waals surface area (Å²) >= 11 is 0. The van der Waals surface area contributed by atoms with Gasteiger partial charge in [-0.05, 0) is 12.5 Å². The second kappa shape index (κ2) is 5.97. The first-order valence-corrected chi connectivity index (χ1v) is 7.40. The molecule has 0 aliphatic heterocycles. The summed E-state index contributed by atoms with van der Waals surface area (Å²) in [6.45, 7) is 2.00. The molecule has 1 rings (SSSR count). The van der Waals surface area contributed by atoms with Gasteiger partial charge in [0.05, 0.1) is 12.7 Å². The van der Waals surface area contributed by atoms with E-state index in [1.807, 2.05) is 31.2 Å². The summed E-state index contributed by atoms with van der Waals surface area (Å²) in [5, 5.41) is 8.87. The highest BCUT2D eigenvalue weighted by Crippen LogP contribution is 2.20. The topological polar surface area (TPSA) is 83.5 Å². The Kier molecular flexibility index (Phi) is 4.86. The Labute approximate surface area is 107 Å². The normalized spacial score (nSPS) is 13.2. The number of rotatable bonds is 6.